The van der Waals surface area contributed by atoms with Crippen LogP contribution in [-0.2, 0) is 4.79 Å². The molecular weight excluding hydrogens is 358 g/mol. The summed E-state index contributed by atoms with van der Waals surface area (Å²) < 4.78 is 34.2. The Morgan fingerprint density at radius 2 is 1.88 bits per heavy atom. The SMILES string of the molecule is NC(=O)c1cc(Cl)ccc1OCC(=O)Nc1ccccc1OC(F)F. The molecule has 2 rings (SSSR count). The van der Waals surface area contributed by atoms with Gasteiger partial charge in [0.05, 0.1) is 11.3 Å². The van der Waals surface area contributed by atoms with Crippen LogP contribution in [0.5, 0.6) is 11.5 Å². The molecule has 0 heterocycles. The summed E-state index contributed by atoms with van der Waals surface area (Å²) in [5, 5.41) is 2.66. The Kier molecular flexibility index (Phi) is 6.13. The van der Waals surface area contributed by atoms with Crippen molar-refractivity contribution in [1.82, 2.24) is 0 Å². The van der Waals surface area contributed by atoms with Gasteiger partial charge in [-0.1, -0.05) is 23.7 Å². The van der Waals surface area contributed by atoms with E-state index in [4.69, 9.17) is 22.1 Å². The molecule has 2 aromatic rings. The van der Waals surface area contributed by atoms with E-state index in [-0.39, 0.29) is 27.8 Å². The molecule has 0 saturated heterocycles. The van der Waals surface area contributed by atoms with E-state index in [1.54, 1.807) is 6.07 Å². The summed E-state index contributed by atoms with van der Waals surface area (Å²) in [5.74, 6) is -1.52. The number of para-hydroxylation sites is 2. The summed E-state index contributed by atoms with van der Waals surface area (Å²) in [7, 11) is 0. The van der Waals surface area contributed by atoms with Gasteiger partial charge in [-0.25, -0.2) is 0 Å². The van der Waals surface area contributed by atoms with Gasteiger partial charge in [-0.05, 0) is 30.3 Å². The molecule has 0 bridgehead atoms. The van der Waals surface area contributed by atoms with Crippen LogP contribution in [0.4, 0.5) is 14.5 Å². The number of nitrogens with one attached hydrogen (secondary N) is 1. The maximum absolute atomic E-state index is 12.3. The van der Waals surface area contributed by atoms with Crippen LogP contribution >= 0.6 is 11.6 Å². The third-order valence-corrected chi connectivity index (χ3v) is 3.18. The van der Waals surface area contributed by atoms with Crippen LogP contribution in [0.25, 0.3) is 0 Å². The van der Waals surface area contributed by atoms with Crippen molar-refractivity contribution in [3.63, 3.8) is 0 Å². The Balaban J connectivity index is 2.04. The number of hydrogen-bond acceptors (Lipinski definition) is 4. The van der Waals surface area contributed by atoms with Crippen LogP contribution in [0.15, 0.2) is 42.5 Å². The summed E-state index contributed by atoms with van der Waals surface area (Å²) in [5.41, 5.74) is 5.29. The number of carbonyl (C=O) groups is 2. The number of primary amides is 1. The minimum absolute atomic E-state index is 0.0155. The second-order valence-corrected chi connectivity index (χ2v) is 5.15. The van der Waals surface area contributed by atoms with E-state index in [0.717, 1.165) is 0 Å². The quantitative estimate of drug-likeness (QED) is 0.783. The van der Waals surface area contributed by atoms with Crippen molar-refractivity contribution in [2.75, 3.05) is 11.9 Å². The molecule has 0 radical (unpaired) electrons. The van der Waals surface area contributed by atoms with Gasteiger partial charge in [0.15, 0.2) is 6.61 Å². The maximum atomic E-state index is 12.3. The second kappa shape index (κ2) is 8.29. The van der Waals surface area contributed by atoms with Crippen LogP contribution < -0.4 is 20.5 Å². The highest BCUT2D eigenvalue weighted by Crippen LogP contribution is 2.26. The minimum Gasteiger partial charge on any atom is -0.483 e. The fourth-order valence-corrected chi connectivity index (χ4v) is 2.09. The first-order valence-electron chi connectivity index (χ1n) is 6.92. The van der Waals surface area contributed by atoms with Gasteiger partial charge in [-0.3, -0.25) is 9.59 Å². The predicted octanol–water partition coefficient (Wildman–Crippen LogP) is 3.06. The van der Waals surface area contributed by atoms with E-state index in [1.807, 2.05) is 0 Å². The first kappa shape index (κ1) is 18.5. The number of nitrogens with two attached hydrogens (primary N) is 1. The molecule has 0 aliphatic heterocycles. The third kappa shape index (κ3) is 5.32. The van der Waals surface area contributed by atoms with E-state index in [9.17, 15) is 18.4 Å². The first-order chi connectivity index (χ1) is 11.9. The molecule has 132 valence electrons. The summed E-state index contributed by atoms with van der Waals surface area (Å²) in [4.78, 5) is 23.3. The van der Waals surface area contributed by atoms with E-state index in [2.05, 4.69) is 10.1 Å². The molecule has 2 amide bonds. The van der Waals surface area contributed by atoms with E-state index in [0.29, 0.717) is 0 Å². The van der Waals surface area contributed by atoms with E-state index < -0.39 is 25.0 Å². The van der Waals surface area contributed by atoms with Crippen LogP contribution in [0.3, 0.4) is 0 Å². The zero-order valence-corrected chi connectivity index (χ0v) is 13.4. The number of benzene rings is 2. The van der Waals surface area contributed by atoms with Crippen molar-refractivity contribution < 1.29 is 27.8 Å². The van der Waals surface area contributed by atoms with Crippen LogP contribution in [0, 0.1) is 0 Å². The second-order valence-electron chi connectivity index (χ2n) is 4.72. The number of amides is 2. The predicted molar refractivity (Wildman–Crippen MR) is 87.2 cm³/mol. The lowest BCUT2D eigenvalue weighted by Crippen LogP contribution is -2.22. The highest BCUT2D eigenvalue weighted by Gasteiger charge is 2.14. The molecule has 0 unspecified atom stereocenters. The number of halogens is 3. The zero-order valence-electron chi connectivity index (χ0n) is 12.7. The third-order valence-electron chi connectivity index (χ3n) is 2.94. The Labute approximate surface area is 146 Å². The molecule has 0 aromatic heterocycles. The fraction of sp³-hybridized carbons (Fsp3) is 0.125. The van der Waals surface area contributed by atoms with Crippen LogP contribution in [-0.4, -0.2) is 25.0 Å². The van der Waals surface area contributed by atoms with Crippen molar-refractivity contribution >= 4 is 29.1 Å². The lowest BCUT2D eigenvalue weighted by Gasteiger charge is -2.13. The average molecular weight is 371 g/mol. The number of rotatable bonds is 7. The zero-order chi connectivity index (χ0) is 18.4. The number of anilines is 1. The van der Waals surface area contributed by atoms with Gasteiger partial charge >= 0.3 is 6.61 Å². The molecule has 0 aliphatic rings. The van der Waals surface area contributed by atoms with Gasteiger partial charge < -0.3 is 20.5 Å². The summed E-state index contributed by atoms with van der Waals surface area (Å²) >= 11 is 5.77. The highest BCUT2D eigenvalue weighted by molar-refractivity contribution is 6.31. The molecule has 0 saturated carbocycles. The van der Waals surface area contributed by atoms with Gasteiger partial charge in [0, 0.05) is 5.02 Å². The topological polar surface area (TPSA) is 90.7 Å². The Morgan fingerprint density at radius 3 is 2.56 bits per heavy atom. The minimum atomic E-state index is -3.03. The summed E-state index contributed by atoms with van der Waals surface area (Å²) in [6.07, 6.45) is 0. The van der Waals surface area contributed by atoms with Gasteiger partial charge in [0.25, 0.3) is 11.8 Å². The lowest BCUT2D eigenvalue weighted by atomic mass is 10.2. The van der Waals surface area contributed by atoms with Crippen molar-refractivity contribution in [2.45, 2.75) is 6.61 Å². The van der Waals surface area contributed by atoms with Crippen molar-refractivity contribution in [3.05, 3.63) is 53.1 Å². The monoisotopic (exact) mass is 370 g/mol. The van der Waals surface area contributed by atoms with Crippen LogP contribution in [0.2, 0.25) is 5.02 Å². The Morgan fingerprint density at radius 1 is 1.16 bits per heavy atom. The fourth-order valence-electron chi connectivity index (χ4n) is 1.92. The molecule has 3 N–H and O–H groups in total. The highest BCUT2D eigenvalue weighted by atomic mass is 35.5. The molecule has 0 aliphatic carbocycles. The van der Waals surface area contributed by atoms with Gasteiger partial charge in [-0.2, -0.15) is 8.78 Å². The standard InChI is InChI=1S/C16H13ClF2N2O4/c17-9-5-6-12(10(7-9)15(20)23)24-8-14(22)21-11-3-1-2-4-13(11)25-16(18)19/h1-7,16H,8H2,(H2,20,23)(H,21,22). The first-order valence-corrected chi connectivity index (χ1v) is 7.30. The molecule has 2 aromatic carbocycles. The van der Waals surface area contributed by atoms with Crippen molar-refractivity contribution in [2.24, 2.45) is 5.73 Å². The van der Waals surface area contributed by atoms with Gasteiger partial charge in [-0.15, -0.1) is 0 Å². The maximum Gasteiger partial charge on any atom is 0.387 e. The van der Waals surface area contributed by atoms with Crippen LogP contribution in [0.1, 0.15) is 10.4 Å². The van der Waals surface area contributed by atoms with Gasteiger partial charge in [0.1, 0.15) is 11.5 Å². The van der Waals surface area contributed by atoms with Gasteiger partial charge in [0.2, 0.25) is 0 Å². The number of ether oxygens (including phenoxy) is 2. The number of carbonyl (C=O) groups excluding carboxylic acids is 2. The Bertz CT molecular complexity index is 786. The van der Waals surface area contributed by atoms with E-state index in [1.165, 1.54) is 36.4 Å². The molecule has 25 heavy (non-hydrogen) atoms. The summed E-state index contributed by atoms with van der Waals surface area (Å²) in [6.45, 7) is -3.51. The molecule has 9 heteroatoms. The van der Waals surface area contributed by atoms with Crippen molar-refractivity contribution in [1.29, 1.82) is 0 Å². The lowest BCUT2D eigenvalue weighted by molar-refractivity contribution is -0.118. The molecular formula is C16H13ClF2N2O4. The molecule has 0 atom stereocenters. The Hall–Kier alpha value is -2.87. The molecule has 0 spiro atoms. The normalized spacial score (nSPS) is 10.4. The molecule has 0 fully saturated rings. The molecule has 6 nitrogen and oxygen atoms in total. The average Bonchev–Trinajstić information content (AvgIpc) is 2.55. The smallest absolute Gasteiger partial charge is 0.387 e. The largest absolute Gasteiger partial charge is 0.483 e. The van der Waals surface area contributed by atoms with Crippen molar-refractivity contribution in [3.8, 4) is 11.5 Å². The number of hydrogen-bond donors (Lipinski definition) is 2. The number of alkyl halides is 2. The van der Waals surface area contributed by atoms with E-state index >= 15 is 0 Å². The summed E-state index contributed by atoms with van der Waals surface area (Å²) in [6, 6.07) is 9.87.